The number of carbonyl (C=O) groups is 1. The number of benzene rings is 1. The van der Waals surface area contributed by atoms with Gasteiger partial charge in [-0.3, -0.25) is 4.79 Å². The molecule has 19 heavy (non-hydrogen) atoms. The van der Waals surface area contributed by atoms with E-state index in [2.05, 4.69) is 17.4 Å². The molecule has 1 unspecified atom stereocenters. The first-order chi connectivity index (χ1) is 9.10. The summed E-state index contributed by atoms with van der Waals surface area (Å²) in [7, 11) is 0. The molecular formula is C15H22N2O2. The number of para-hydroxylation sites is 1. The fraction of sp³-hybridized carbons (Fsp3) is 0.533. The van der Waals surface area contributed by atoms with Gasteiger partial charge in [0.1, 0.15) is 0 Å². The van der Waals surface area contributed by atoms with E-state index in [0.29, 0.717) is 6.42 Å². The van der Waals surface area contributed by atoms with Crippen LogP contribution < -0.4 is 5.32 Å². The molecular weight excluding hydrogens is 240 g/mol. The number of anilines is 1. The summed E-state index contributed by atoms with van der Waals surface area (Å²) in [6.45, 7) is 5.95. The Morgan fingerprint density at radius 3 is 2.42 bits per heavy atom. The Balaban J connectivity index is 2.69. The standard InChI is InChI=1S/C15H22N2O2/c1-4-5-6-10-13(17-19)15(18)16-14-11(2)8-7-9-12(14)3/h7-9,13H,4-6,10H2,1-3H3,(H,16,18). The van der Waals surface area contributed by atoms with Gasteiger partial charge in [-0.2, -0.15) is 0 Å². The van der Waals surface area contributed by atoms with Crippen molar-refractivity contribution in [2.75, 3.05) is 5.32 Å². The van der Waals surface area contributed by atoms with Crippen LogP contribution >= 0.6 is 0 Å². The molecule has 0 aliphatic rings. The van der Waals surface area contributed by atoms with Gasteiger partial charge in [-0.1, -0.05) is 49.6 Å². The van der Waals surface area contributed by atoms with Gasteiger partial charge in [0.2, 0.25) is 0 Å². The van der Waals surface area contributed by atoms with Crippen molar-refractivity contribution in [3.63, 3.8) is 0 Å². The summed E-state index contributed by atoms with van der Waals surface area (Å²) < 4.78 is 0. The molecule has 104 valence electrons. The number of nitrogens with zero attached hydrogens (tertiary/aromatic N) is 1. The summed E-state index contributed by atoms with van der Waals surface area (Å²) >= 11 is 0. The Bertz CT molecular complexity index is 424. The van der Waals surface area contributed by atoms with Crippen LogP contribution in [0, 0.1) is 18.8 Å². The van der Waals surface area contributed by atoms with E-state index in [0.717, 1.165) is 36.1 Å². The van der Waals surface area contributed by atoms with Crippen molar-refractivity contribution in [3.05, 3.63) is 34.2 Å². The summed E-state index contributed by atoms with van der Waals surface area (Å²) in [6.07, 6.45) is 3.45. The zero-order valence-electron chi connectivity index (χ0n) is 11.9. The molecule has 0 radical (unpaired) electrons. The number of rotatable bonds is 7. The maximum absolute atomic E-state index is 12.0. The largest absolute Gasteiger partial charge is 0.324 e. The maximum Gasteiger partial charge on any atom is 0.252 e. The lowest BCUT2D eigenvalue weighted by atomic mass is 10.1. The number of aryl methyl sites for hydroxylation is 2. The van der Waals surface area contributed by atoms with E-state index in [1.807, 2.05) is 32.0 Å². The van der Waals surface area contributed by atoms with E-state index in [1.165, 1.54) is 0 Å². The molecule has 0 aliphatic heterocycles. The fourth-order valence-electron chi connectivity index (χ4n) is 2.04. The van der Waals surface area contributed by atoms with E-state index in [4.69, 9.17) is 0 Å². The first kappa shape index (κ1) is 15.3. The van der Waals surface area contributed by atoms with Crippen LogP contribution in [-0.2, 0) is 4.79 Å². The zero-order chi connectivity index (χ0) is 14.3. The molecule has 1 N–H and O–H groups in total. The van der Waals surface area contributed by atoms with Crippen LogP contribution in [0.3, 0.4) is 0 Å². The lowest BCUT2D eigenvalue weighted by Crippen LogP contribution is -2.26. The molecule has 0 saturated carbocycles. The smallest absolute Gasteiger partial charge is 0.252 e. The third-order valence-electron chi connectivity index (χ3n) is 3.24. The molecule has 0 fully saturated rings. The predicted octanol–water partition coefficient (Wildman–Crippen LogP) is 3.96. The van der Waals surface area contributed by atoms with Crippen LogP contribution in [0.1, 0.15) is 43.7 Å². The van der Waals surface area contributed by atoms with Crippen molar-refractivity contribution in [1.29, 1.82) is 0 Å². The lowest BCUT2D eigenvalue weighted by Gasteiger charge is -2.14. The van der Waals surface area contributed by atoms with Crippen molar-refractivity contribution in [2.24, 2.45) is 5.18 Å². The average molecular weight is 262 g/mol. The molecule has 0 saturated heterocycles. The van der Waals surface area contributed by atoms with Crippen LogP contribution in [0.5, 0.6) is 0 Å². The lowest BCUT2D eigenvalue weighted by molar-refractivity contribution is -0.117. The van der Waals surface area contributed by atoms with Crippen LogP contribution in [0.15, 0.2) is 23.4 Å². The molecule has 0 heterocycles. The van der Waals surface area contributed by atoms with E-state index in [1.54, 1.807) is 0 Å². The maximum atomic E-state index is 12.0. The Morgan fingerprint density at radius 1 is 1.26 bits per heavy atom. The van der Waals surface area contributed by atoms with Gasteiger partial charge in [-0.05, 0) is 31.4 Å². The number of carbonyl (C=O) groups excluding carboxylic acids is 1. The molecule has 0 aliphatic carbocycles. The number of hydrogen-bond donors (Lipinski definition) is 1. The third kappa shape index (κ3) is 4.47. The number of nitroso groups, excluding NO2 is 1. The highest BCUT2D eigenvalue weighted by atomic mass is 16.3. The molecule has 1 aromatic rings. The van der Waals surface area contributed by atoms with Crippen LogP contribution in [-0.4, -0.2) is 11.9 Å². The Labute approximate surface area is 114 Å². The van der Waals surface area contributed by atoms with Gasteiger partial charge < -0.3 is 5.32 Å². The van der Waals surface area contributed by atoms with Crippen LogP contribution in [0.4, 0.5) is 5.69 Å². The van der Waals surface area contributed by atoms with E-state index in [-0.39, 0.29) is 5.91 Å². The Kier molecular flexibility index (Phi) is 6.19. The van der Waals surface area contributed by atoms with Gasteiger partial charge in [0.15, 0.2) is 6.04 Å². The highest BCUT2D eigenvalue weighted by Gasteiger charge is 2.19. The molecule has 0 aromatic heterocycles. The van der Waals surface area contributed by atoms with E-state index >= 15 is 0 Å². The van der Waals surface area contributed by atoms with Gasteiger partial charge in [0.25, 0.3) is 5.91 Å². The van der Waals surface area contributed by atoms with Gasteiger partial charge in [0, 0.05) is 5.69 Å². The quantitative estimate of drug-likeness (QED) is 0.597. The van der Waals surface area contributed by atoms with Gasteiger partial charge >= 0.3 is 0 Å². The highest BCUT2D eigenvalue weighted by Crippen LogP contribution is 2.20. The van der Waals surface area contributed by atoms with Crippen molar-refractivity contribution >= 4 is 11.6 Å². The first-order valence-corrected chi connectivity index (χ1v) is 6.79. The number of nitrogens with one attached hydrogen (secondary N) is 1. The fourth-order valence-corrected chi connectivity index (χ4v) is 2.04. The van der Waals surface area contributed by atoms with Gasteiger partial charge in [-0.25, -0.2) is 0 Å². The SMILES string of the molecule is CCCCCC(N=O)C(=O)Nc1c(C)cccc1C. The van der Waals surface area contributed by atoms with Crippen molar-refractivity contribution in [3.8, 4) is 0 Å². The predicted molar refractivity (Wildman–Crippen MR) is 78.3 cm³/mol. The minimum absolute atomic E-state index is 0.302. The topological polar surface area (TPSA) is 58.5 Å². The molecule has 0 spiro atoms. The van der Waals surface area contributed by atoms with Crippen molar-refractivity contribution in [1.82, 2.24) is 0 Å². The highest BCUT2D eigenvalue weighted by molar-refractivity contribution is 5.96. The number of unbranched alkanes of at least 4 members (excludes halogenated alkanes) is 2. The summed E-state index contributed by atoms with van der Waals surface area (Å²) in [5.74, 6) is -0.302. The molecule has 4 nitrogen and oxygen atoms in total. The van der Waals surface area contributed by atoms with E-state index in [9.17, 15) is 9.70 Å². The molecule has 1 rings (SSSR count). The minimum atomic E-state index is -0.787. The Morgan fingerprint density at radius 2 is 1.89 bits per heavy atom. The Hall–Kier alpha value is -1.71. The monoisotopic (exact) mass is 262 g/mol. The average Bonchev–Trinajstić information content (AvgIpc) is 2.39. The molecule has 4 heteroatoms. The summed E-state index contributed by atoms with van der Waals surface area (Å²) in [5, 5.41) is 5.78. The molecule has 1 aromatic carbocycles. The number of amides is 1. The second-order valence-corrected chi connectivity index (χ2v) is 4.87. The summed E-state index contributed by atoms with van der Waals surface area (Å²) in [5.41, 5.74) is 2.77. The normalized spacial score (nSPS) is 11.9. The van der Waals surface area contributed by atoms with Crippen LogP contribution in [0.2, 0.25) is 0 Å². The zero-order valence-corrected chi connectivity index (χ0v) is 11.9. The second-order valence-electron chi connectivity index (χ2n) is 4.87. The molecule has 0 bridgehead atoms. The van der Waals surface area contributed by atoms with Crippen molar-refractivity contribution < 1.29 is 4.79 Å². The third-order valence-corrected chi connectivity index (χ3v) is 3.24. The van der Waals surface area contributed by atoms with Gasteiger partial charge in [0.05, 0.1) is 0 Å². The first-order valence-electron chi connectivity index (χ1n) is 6.79. The summed E-state index contributed by atoms with van der Waals surface area (Å²) in [6, 6.07) is 5.02. The van der Waals surface area contributed by atoms with E-state index < -0.39 is 6.04 Å². The minimum Gasteiger partial charge on any atom is -0.324 e. The van der Waals surface area contributed by atoms with Crippen LogP contribution in [0.25, 0.3) is 0 Å². The second kappa shape index (κ2) is 7.67. The van der Waals surface area contributed by atoms with Crippen molar-refractivity contribution in [2.45, 2.75) is 52.5 Å². The summed E-state index contributed by atoms with van der Waals surface area (Å²) in [4.78, 5) is 22.8. The number of hydrogen-bond acceptors (Lipinski definition) is 3. The molecule has 1 atom stereocenters. The molecule has 1 amide bonds. The van der Waals surface area contributed by atoms with Gasteiger partial charge in [-0.15, -0.1) is 4.91 Å².